The molecular formula is C13H11ClOS. The maximum atomic E-state index is 9.53. The van der Waals surface area contributed by atoms with Crippen LogP contribution in [0.4, 0.5) is 0 Å². The van der Waals surface area contributed by atoms with Crippen molar-refractivity contribution in [1.29, 1.82) is 0 Å². The maximum absolute atomic E-state index is 9.53. The van der Waals surface area contributed by atoms with Gasteiger partial charge in [-0.1, -0.05) is 23.7 Å². The lowest BCUT2D eigenvalue weighted by molar-refractivity contribution is 0.471. The SMILES string of the molecule is Cc1cc(/C=C/c2cccs2)cc(Cl)c1O. The van der Waals surface area contributed by atoms with Crippen molar-refractivity contribution in [1.82, 2.24) is 0 Å². The largest absolute Gasteiger partial charge is 0.506 e. The van der Waals surface area contributed by atoms with Crippen molar-refractivity contribution in [3.8, 4) is 5.75 Å². The van der Waals surface area contributed by atoms with Gasteiger partial charge in [-0.05, 0) is 47.7 Å². The summed E-state index contributed by atoms with van der Waals surface area (Å²) in [4.78, 5) is 1.20. The second kappa shape index (κ2) is 4.73. The predicted molar refractivity (Wildman–Crippen MR) is 71.1 cm³/mol. The molecule has 0 saturated carbocycles. The van der Waals surface area contributed by atoms with Crippen LogP contribution in [0.5, 0.6) is 5.75 Å². The Labute approximate surface area is 104 Å². The zero-order valence-corrected chi connectivity index (χ0v) is 10.3. The van der Waals surface area contributed by atoms with Crippen molar-refractivity contribution in [2.75, 3.05) is 0 Å². The van der Waals surface area contributed by atoms with E-state index in [1.165, 1.54) is 4.88 Å². The second-order valence-electron chi connectivity index (χ2n) is 3.52. The van der Waals surface area contributed by atoms with Gasteiger partial charge >= 0.3 is 0 Å². The fourth-order valence-electron chi connectivity index (χ4n) is 1.42. The number of halogens is 1. The molecule has 3 heteroatoms. The van der Waals surface area contributed by atoms with E-state index >= 15 is 0 Å². The lowest BCUT2D eigenvalue weighted by Crippen LogP contribution is -1.79. The van der Waals surface area contributed by atoms with Crippen LogP contribution in [0, 0.1) is 6.92 Å². The molecule has 0 unspecified atom stereocenters. The Hall–Kier alpha value is -1.25. The summed E-state index contributed by atoms with van der Waals surface area (Å²) >= 11 is 7.58. The van der Waals surface area contributed by atoms with Gasteiger partial charge in [-0.25, -0.2) is 0 Å². The molecule has 0 amide bonds. The number of rotatable bonds is 2. The topological polar surface area (TPSA) is 20.2 Å². The molecule has 1 heterocycles. The number of phenolic OH excluding ortho intramolecular Hbond substituents is 1. The van der Waals surface area contributed by atoms with Crippen molar-refractivity contribution in [2.45, 2.75) is 6.92 Å². The molecule has 0 atom stereocenters. The molecule has 2 rings (SSSR count). The van der Waals surface area contributed by atoms with E-state index in [1.807, 2.05) is 36.6 Å². The van der Waals surface area contributed by atoms with E-state index in [0.717, 1.165) is 11.1 Å². The minimum atomic E-state index is 0.162. The van der Waals surface area contributed by atoms with Gasteiger partial charge in [0.2, 0.25) is 0 Å². The van der Waals surface area contributed by atoms with Gasteiger partial charge < -0.3 is 5.11 Å². The molecule has 16 heavy (non-hydrogen) atoms. The third kappa shape index (κ3) is 2.46. The van der Waals surface area contributed by atoms with Crippen LogP contribution in [0.3, 0.4) is 0 Å². The molecule has 0 aliphatic carbocycles. The summed E-state index contributed by atoms with van der Waals surface area (Å²) in [5.41, 5.74) is 1.78. The van der Waals surface area contributed by atoms with Crippen LogP contribution in [0.2, 0.25) is 5.02 Å². The van der Waals surface area contributed by atoms with E-state index < -0.39 is 0 Å². The fraction of sp³-hybridized carbons (Fsp3) is 0.0769. The van der Waals surface area contributed by atoms with Crippen molar-refractivity contribution in [2.24, 2.45) is 0 Å². The zero-order chi connectivity index (χ0) is 11.5. The standard InChI is InChI=1S/C13H11ClOS/c1-9-7-10(8-12(14)13(9)15)4-5-11-3-2-6-16-11/h2-8,15H,1H3/b5-4+. The molecule has 0 spiro atoms. The Morgan fingerprint density at radius 2 is 2.12 bits per heavy atom. The number of benzene rings is 1. The third-order valence-corrected chi connectivity index (χ3v) is 3.39. The van der Waals surface area contributed by atoms with Gasteiger partial charge in [0.15, 0.2) is 0 Å². The Kier molecular flexibility index (Phi) is 3.32. The molecule has 1 nitrogen and oxygen atoms in total. The van der Waals surface area contributed by atoms with Gasteiger partial charge in [0.05, 0.1) is 5.02 Å². The highest BCUT2D eigenvalue weighted by molar-refractivity contribution is 7.10. The molecule has 82 valence electrons. The Bertz CT molecular complexity index is 492. The van der Waals surface area contributed by atoms with E-state index in [9.17, 15) is 5.11 Å². The van der Waals surface area contributed by atoms with Crippen molar-refractivity contribution in [3.05, 3.63) is 50.7 Å². The predicted octanol–water partition coefficient (Wildman–Crippen LogP) is 4.59. The number of thiophene rings is 1. The Morgan fingerprint density at radius 1 is 1.31 bits per heavy atom. The van der Waals surface area contributed by atoms with Gasteiger partial charge in [0.1, 0.15) is 5.75 Å². The van der Waals surface area contributed by atoms with E-state index in [-0.39, 0.29) is 5.75 Å². The molecule has 0 bridgehead atoms. The van der Waals surface area contributed by atoms with Crippen LogP contribution in [0.1, 0.15) is 16.0 Å². The van der Waals surface area contributed by atoms with Gasteiger partial charge in [0.25, 0.3) is 0 Å². The molecule has 0 saturated heterocycles. The number of phenols is 1. The average molecular weight is 251 g/mol. The van der Waals surface area contributed by atoms with Crippen LogP contribution < -0.4 is 0 Å². The molecule has 0 aliphatic rings. The van der Waals surface area contributed by atoms with Crippen molar-refractivity contribution >= 4 is 35.1 Å². The summed E-state index contributed by atoms with van der Waals surface area (Å²) in [7, 11) is 0. The lowest BCUT2D eigenvalue weighted by Gasteiger charge is -2.02. The van der Waals surface area contributed by atoms with Gasteiger partial charge in [-0.3, -0.25) is 0 Å². The van der Waals surface area contributed by atoms with Crippen molar-refractivity contribution in [3.63, 3.8) is 0 Å². The van der Waals surface area contributed by atoms with Gasteiger partial charge in [-0.2, -0.15) is 0 Å². The van der Waals surface area contributed by atoms with Crippen LogP contribution in [-0.4, -0.2) is 5.11 Å². The Morgan fingerprint density at radius 3 is 2.75 bits per heavy atom. The second-order valence-corrected chi connectivity index (χ2v) is 4.90. The summed E-state index contributed by atoms with van der Waals surface area (Å²) < 4.78 is 0. The van der Waals surface area contributed by atoms with E-state index in [4.69, 9.17) is 11.6 Å². The maximum Gasteiger partial charge on any atom is 0.137 e. The van der Waals surface area contributed by atoms with Crippen molar-refractivity contribution < 1.29 is 5.11 Å². The summed E-state index contributed by atoms with van der Waals surface area (Å²) in [5, 5.41) is 12.0. The first-order valence-corrected chi connectivity index (χ1v) is 6.13. The van der Waals surface area contributed by atoms with Gasteiger partial charge in [0, 0.05) is 4.88 Å². The molecule has 1 N–H and O–H groups in total. The smallest absolute Gasteiger partial charge is 0.137 e. The average Bonchev–Trinajstić information content (AvgIpc) is 2.75. The monoisotopic (exact) mass is 250 g/mol. The van der Waals surface area contributed by atoms with E-state index in [1.54, 1.807) is 17.4 Å². The van der Waals surface area contributed by atoms with Crippen LogP contribution in [0.15, 0.2) is 29.6 Å². The molecule has 1 aromatic carbocycles. The number of aromatic hydroxyl groups is 1. The first kappa shape index (κ1) is 11.2. The fourth-order valence-corrected chi connectivity index (χ4v) is 2.32. The highest BCUT2D eigenvalue weighted by atomic mass is 35.5. The third-order valence-electron chi connectivity index (χ3n) is 2.26. The minimum Gasteiger partial charge on any atom is -0.506 e. The summed E-state index contributed by atoms with van der Waals surface area (Å²) in [6.45, 7) is 1.84. The number of hydrogen-bond acceptors (Lipinski definition) is 2. The van der Waals surface area contributed by atoms with Gasteiger partial charge in [-0.15, -0.1) is 11.3 Å². The molecule has 2 aromatic rings. The summed E-state index contributed by atoms with van der Waals surface area (Å²) in [5.74, 6) is 0.162. The van der Waals surface area contributed by atoms with Crippen LogP contribution in [0.25, 0.3) is 12.2 Å². The first-order valence-electron chi connectivity index (χ1n) is 4.87. The van der Waals surface area contributed by atoms with E-state index in [2.05, 4.69) is 6.07 Å². The minimum absolute atomic E-state index is 0.162. The molecule has 0 fully saturated rings. The molecule has 1 aromatic heterocycles. The molecule has 0 aliphatic heterocycles. The molecular weight excluding hydrogens is 240 g/mol. The highest BCUT2D eigenvalue weighted by Gasteiger charge is 2.02. The van der Waals surface area contributed by atoms with Crippen LogP contribution >= 0.6 is 22.9 Å². The molecule has 0 radical (unpaired) electrons. The zero-order valence-electron chi connectivity index (χ0n) is 8.77. The summed E-state index contributed by atoms with van der Waals surface area (Å²) in [6.07, 6.45) is 4.02. The highest BCUT2D eigenvalue weighted by Crippen LogP contribution is 2.29. The Balaban J connectivity index is 2.29. The number of aryl methyl sites for hydroxylation is 1. The summed E-state index contributed by atoms with van der Waals surface area (Å²) in [6, 6.07) is 7.73. The first-order chi connectivity index (χ1) is 7.66. The van der Waals surface area contributed by atoms with Crippen LogP contribution in [-0.2, 0) is 0 Å². The quantitative estimate of drug-likeness (QED) is 0.827. The van der Waals surface area contributed by atoms with E-state index in [0.29, 0.717) is 5.02 Å². The normalized spacial score (nSPS) is 11.1. The number of hydrogen-bond donors (Lipinski definition) is 1. The lowest BCUT2D eigenvalue weighted by atomic mass is 10.1.